The molecule has 20 heavy (non-hydrogen) atoms. The van der Waals surface area contributed by atoms with Crippen LogP contribution in [-0.4, -0.2) is 30.5 Å². The molecule has 0 aliphatic carbocycles. The molecule has 1 aromatic carbocycles. The van der Waals surface area contributed by atoms with E-state index in [9.17, 15) is 4.79 Å². The normalized spacial score (nSPS) is 22.7. The van der Waals surface area contributed by atoms with E-state index >= 15 is 0 Å². The Balaban J connectivity index is 2.14. The first-order valence-electron chi connectivity index (χ1n) is 7.54. The van der Waals surface area contributed by atoms with E-state index in [4.69, 9.17) is 4.74 Å². The number of benzene rings is 1. The minimum atomic E-state index is 0.148. The zero-order chi connectivity index (χ0) is 14.7. The summed E-state index contributed by atoms with van der Waals surface area (Å²) >= 11 is 0. The number of likely N-dealkylation sites (tertiary alicyclic amines) is 1. The molecule has 2 unspecified atom stereocenters. The summed E-state index contributed by atoms with van der Waals surface area (Å²) < 4.78 is 5.53. The van der Waals surface area contributed by atoms with Gasteiger partial charge in [-0.15, -0.1) is 0 Å². The highest BCUT2D eigenvalue weighted by Crippen LogP contribution is 2.24. The fraction of sp³-hybridized carbons (Fsp3) is 0.588. The maximum absolute atomic E-state index is 12.6. The molecular formula is C17H25NO2. The lowest BCUT2D eigenvalue weighted by molar-refractivity contribution is 0.0623. The average molecular weight is 275 g/mol. The number of hydrogen-bond acceptors (Lipinski definition) is 2. The summed E-state index contributed by atoms with van der Waals surface area (Å²) in [5.41, 5.74) is 1.79. The van der Waals surface area contributed by atoms with E-state index in [-0.39, 0.29) is 5.91 Å². The third-order valence-corrected chi connectivity index (χ3v) is 3.88. The molecule has 1 aliphatic rings. The van der Waals surface area contributed by atoms with Crippen molar-refractivity contribution in [2.24, 2.45) is 11.8 Å². The molecule has 1 amide bonds. The lowest BCUT2D eigenvalue weighted by Gasteiger charge is -2.35. The fourth-order valence-corrected chi connectivity index (χ4v) is 3.11. The van der Waals surface area contributed by atoms with Gasteiger partial charge in [0.1, 0.15) is 5.75 Å². The maximum atomic E-state index is 12.6. The highest BCUT2D eigenvalue weighted by Gasteiger charge is 2.26. The Bertz CT molecular complexity index is 474. The van der Waals surface area contributed by atoms with Crippen LogP contribution < -0.4 is 4.74 Å². The van der Waals surface area contributed by atoms with Crippen molar-refractivity contribution >= 4 is 5.91 Å². The number of hydrogen-bond donors (Lipinski definition) is 0. The lowest BCUT2D eigenvalue weighted by atomic mass is 9.91. The zero-order valence-corrected chi connectivity index (χ0v) is 13.0. The molecule has 0 N–H and O–H groups in total. The lowest BCUT2D eigenvalue weighted by Crippen LogP contribution is -2.42. The smallest absolute Gasteiger partial charge is 0.253 e. The summed E-state index contributed by atoms with van der Waals surface area (Å²) in [5.74, 6) is 2.19. The van der Waals surface area contributed by atoms with Gasteiger partial charge in [-0.25, -0.2) is 0 Å². The Labute approximate surface area is 121 Å². The van der Waals surface area contributed by atoms with Gasteiger partial charge in [-0.3, -0.25) is 4.79 Å². The summed E-state index contributed by atoms with van der Waals surface area (Å²) in [7, 11) is 0. The van der Waals surface area contributed by atoms with Crippen molar-refractivity contribution in [3.05, 3.63) is 29.3 Å². The summed E-state index contributed by atoms with van der Waals surface area (Å²) in [6, 6.07) is 5.73. The molecule has 110 valence electrons. The van der Waals surface area contributed by atoms with Crippen LogP contribution in [0.25, 0.3) is 0 Å². The molecule has 1 aliphatic heterocycles. The van der Waals surface area contributed by atoms with Crippen molar-refractivity contribution in [3.8, 4) is 5.75 Å². The molecule has 1 aromatic rings. The van der Waals surface area contributed by atoms with Gasteiger partial charge in [-0.2, -0.15) is 0 Å². The molecule has 3 nitrogen and oxygen atoms in total. The first-order valence-corrected chi connectivity index (χ1v) is 7.54. The van der Waals surface area contributed by atoms with E-state index in [0.717, 1.165) is 30.0 Å². The van der Waals surface area contributed by atoms with Crippen LogP contribution in [0.3, 0.4) is 0 Å². The summed E-state index contributed by atoms with van der Waals surface area (Å²) in [6.07, 6.45) is 1.21. The fourth-order valence-electron chi connectivity index (χ4n) is 3.11. The highest BCUT2D eigenvalue weighted by molar-refractivity contribution is 5.94. The van der Waals surface area contributed by atoms with E-state index in [2.05, 4.69) is 13.8 Å². The van der Waals surface area contributed by atoms with E-state index in [1.54, 1.807) is 0 Å². The largest absolute Gasteiger partial charge is 0.494 e. The summed E-state index contributed by atoms with van der Waals surface area (Å²) in [6.45, 7) is 10.8. The average Bonchev–Trinajstić information content (AvgIpc) is 2.39. The Morgan fingerprint density at radius 3 is 2.50 bits per heavy atom. The minimum absolute atomic E-state index is 0.148. The van der Waals surface area contributed by atoms with Crippen LogP contribution in [0.5, 0.6) is 5.75 Å². The van der Waals surface area contributed by atoms with E-state index in [1.165, 1.54) is 6.42 Å². The van der Waals surface area contributed by atoms with Crippen LogP contribution >= 0.6 is 0 Å². The predicted molar refractivity (Wildman–Crippen MR) is 81.2 cm³/mol. The van der Waals surface area contributed by atoms with Crippen molar-refractivity contribution in [2.75, 3.05) is 19.7 Å². The topological polar surface area (TPSA) is 29.5 Å². The van der Waals surface area contributed by atoms with Crippen LogP contribution in [-0.2, 0) is 0 Å². The van der Waals surface area contributed by atoms with Crippen molar-refractivity contribution in [2.45, 2.75) is 34.1 Å². The van der Waals surface area contributed by atoms with Crippen LogP contribution in [0.4, 0.5) is 0 Å². The second kappa shape index (κ2) is 6.29. The third-order valence-electron chi connectivity index (χ3n) is 3.88. The monoisotopic (exact) mass is 275 g/mol. The number of piperidine rings is 1. The van der Waals surface area contributed by atoms with Crippen LogP contribution in [0.15, 0.2) is 18.2 Å². The SMILES string of the molecule is CCOc1ccc(C(=O)N2CC(C)CC(C)C2)cc1C. The minimum Gasteiger partial charge on any atom is -0.494 e. The molecule has 0 spiro atoms. The van der Waals surface area contributed by atoms with Gasteiger partial charge in [-0.05, 0) is 55.9 Å². The molecule has 2 rings (SSSR count). The van der Waals surface area contributed by atoms with Gasteiger partial charge in [0.15, 0.2) is 0 Å². The van der Waals surface area contributed by atoms with Crippen molar-refractivity contribution in [1.82, 2.24) is 4.90 Å². The quantitative estimate of drug-likeness (QED) is 0.845. The molecule has 0 saturated carbocycles. The van der Waals surface area contributed by atoms with Crippen LogP contribution in [0.1, 0.15) is 43.1 Å². The van der Waals surface area contributed by atoms with Crippen LogP contribution in [0, 0.1) is 18.8 Å². The van der Waals surface area contributed by atoms with Crippen molar-refractivity contribution in [1.29, 1.82) is 0 Å². The number of carbonyl (C=O) groups excluding carboxylic acids is 1. The van der Waals surface area contributed by atoms with E-state index < -0.39 is 0 Å². The van der Waals surface area contributed by atoms with Gasteiger partial charge >= 0.3 is 0 Å². The number of carbonyl (C=O) groups is 1. The molecule has 1 saturated heterocycles. The highest BCUT2D eigenvalue weighted by atomic mass is 16.5. The number of amides is 1. The second-order valence-electron chi connectivity index (χ2n) is 6.07. The number of aryl methyl sites for hydroxylation is 1. The second-order valence-corrected chi connectivity index (χ2v) is 6.07. The number of nitrogens with zero attached hydrogens (tertiary/aromatic N) is 1. The molecule has 2 atom stereocenters. The first-order chi connectivity index (χ1) is 9.51. The van der Waals surface area contributed by atoms with Crippen molar-refractivity contribution < 1.29 is 9.53 Å². The van der Waals surface area contributed by atoms with Gasteiger partial charge in [-0.1, -0.05) is 13.8 Å². The molecular weight excluding hydrogens is 250 g/mol. The Morgan fingerprint density at radius 1 is 1.30 bits per heavy atom. The van der Waals surface area contributed by atoms with Gasteiger partial charge in [0.2, 0.25) is 0 Å². The predicted octanol–water partition coefficient (Wildman–Crippen LogP) is 3.51. The molecule has 0 aromatic heterocycles. The zero-order valence-electron chi connectivity index (χ0n) is 13.0. The number of rotatable bonds is 3. The Morgan fingerprint density at radius 2 is 1.95 bits per heavy atom. The summed E-state index contributed by atoms with van der Waals surface area (Å²) in [4.78, 5) is 14.6. The van der Waals surface area contributed by atoms with Crippen LogP contribution in [0.2, 0.25) is 0 Å². The molecule has 1 fully saturated rings. The Kier molecular flexibility index (Phi) is 4.69. The van der Waals surface area contributed by atoms with E-state index in [0.29, 0.717) is 18.4 Å². The maximum Gasteiger partial charge on any atom is 0.253 e. The standard InChI is InChI=1S/C17H25NO2/c1-5-20-16-7-6-15(9-14(16)4)17(19)18-10-12(2)8-13(3)11-18/h6-7,9,12-13H,5,8,10-11H2,1-4H3. The summed E-state index contributed by atoms with van der Waals surface area (Å²) in [5, 5.41) is 0. The van der Waals surface area contributed by atoms with Gasteiger partial charge in [0.25, 0.3) is 5.91 Å². The Hall–Kier alpha value is -1.51. The first kappa shape index (κ1) is 14.9. The van der Waals surface area contributed by atoms with Gasteiger partial charge < -0.3 is 9.64 Å². The molecule has 0 bridgehead atoms. The molecule has 1 heterocycles. The van der Waals surface area contributed by atoms with Gasteiger partial charge in [0, 0.05) is 18.7 Å². The van der Waals surface area contributed by atoms with Gasteiger partial charge in [0.05, 0.1) is 6.61 Å². The van der Waals surface area contributed by atoms with E-state index in [1.807, 2.05) is 36.9 Å². The molecule has 0 radical (unpaired) electrons. The molecule has 3 heteroatoms. The van der Waals surface area contributed by atoms with Crippen molar-refractivity contribution in [3.63, 3.8) is 0 Å². The number of ether oxygens (including phenoxy) is 1. The third kappa shape index (κ3) is 3.33.